The second-order valence-electron chi connectivity index (χ2n) is 5.94. The molecule has 0 saturated heterocycles. The van der Waals surface area contributed by atoms with Crippen molar-refractivity contribution >= 4 is 23.2 Å². The van der Waals surface area contributed by atoms with Gasteiger partial charge in [0.15, 0.2) is 0 Å². The van der Waals surface area contributed by atoms with Gasteiger partial charge in [-0.1, -0.05) is 17.7 Å². The number of aromatic amines is 1. The lowest BCUT2D eigenvalue weighted by Crippen LogP contribution is -2.13. The largest absolute Gasteiger partial charge is 0.507 e. The number of carbonyl (C=O) groups excluding carboxylic acids is 1. The Kier molecular flexibility index (Phi) is 4.86. The molecule has 3 aromatic rings. The molecule has 0 fully saturated rings. The fourth-order valence-electron chi connectivity index (χ4n) is 2.81. The van der Waals surface area contributed by atoms with Crippen LogP contribution in [0.2, 0.25) is 5.02 Å². The van der Waals surface area contributed by atoms with Gasteiger partial charge in [0.1, 0.15) is 17.2 Å². The third-order valence-electron chi connectivity index (χ3n) is 3.95. The maximum Gasteiger partial charge on any atom is 0.273 e. The van der Waals surface area contributed by atoms with Crippen LogP contribution in [0.15, 0.2) is 36.4 Å². The highest BCUT2D eigenvalue weighted by Gasteiger charge is 2.17. The topological polar surface area (TPSA) is 87.2 Å². The van der Waals surface area contributed by atoms with Crippen molar-refractivity contribution in [1.82, 2.24) is 10.2 Å². The minimum Gasteiger partial charge on any atom is -0.507 e. The Morgan fingerprint density at radius 1 is 1.23 bits per heavy atom. The zero-order chi connectivity index (χ0) is 18.8. The predicted molar refractivity (Wildman–Crippen MR) is 101 cm³/mol. The van der Waals surface area contributed by atoms with E-state index in [1.807, 2.05) is 19.9 Å². The number of ether oxygens (including phenoxy) is 1. The van der Waals surface area contributed by atoms with E-state index in [0.717, 1.165) is 11.1 Å². The van der Waals surface area contributed by atoms with E-state index in [0.29, 0.717) is 27.7 Å². The van der Waals surface area contributed by atoms with Gasteiger partial charge in [-0.15, -0.1) is 0 Å². The number of methoxy groups -OCH3 is 1. The molecule has 0 spiro atoms. The number of H-pyrrole nitrogens is 1. The number of phenols is 1. The van der Waals surface area contributed by atoms with Crippen LogP contribution in [-0.4, -0.2) is 28.3 Å². The molecule has 0 saturated carbocycles. The first kappa shape index (κ1) is 17.8. The van der Waals surface area contributed by atoms with Crippen molar-refractivity contribution in [3.8, 4) is 22.8 Å². The van der Waals surface area contributed by atoms with Crippen molar-refractivity contribution in [3.05, 3.63) is 58.2 Å². The number of aromatic hydroxyl groups is 1. The molecule has 3 N–H and O–H groups in total. The average Bonchev–Trinajstić information content (AvgIpc) is 3.04. The summed E-state index contributed by atoms with van der Waals surface area (Å²) in [4.78, 5) is 12.5. The summed E-state index contributed by atoms with van der Waals surface area (Å²) in [5.41, 5.74) is 3.61. The van der Waals surface area contributed by atoms with Gasteiger partial charge in [-0.25, -0.2) is 0 Å². The van der Waals surface area contributed by atoms with Crippen molar-refractivity contribution < 1.29 is 14.6 Å². The first-order valence-corrected chi connectivity index (χ1v) is 8.27. The molecule has 0 aliphatic rings. The predicted octanol–water partition coefficient (Wildman–Crippen LogP) is 4.31. The molecule has 1 aromatic heterocycles. The number of nitrogens with zero attached hydrogens (tertiary/aromatic N) is 1. The number of hydrogen-bond donors (Lipinski definition) is 3. The minimum atomic E-state index is -0.395. The molecule has 0 bridgehead atoms. The van der Waals surface area contributed by atoms with Gasteiger partial charge in [-0.3, -0.25) is 9.89 Å². The first-order valence-electron chi connectivity index (χ1n) is 7.90. The number of aromatic nitrogens is 2. The standard InChI is InChI=1S/C19H18ClN3O3/c1-10-6-11(2)18(16(24)7-10)14-9-15(23-22-14)19(25)21-13-8-12(20)4-5-17(13)26-3/h4-9,24H,1-3H3,(H,21,25)(H,22,23). The quantitative estimate of drug-likeness (QED) is 0.637. The smallest absolute Gasteiger partial charge is 0.273 e. The van der Waals surface area contributed by atoms with E-state index in [2.05, 4.69) is 15.5 Å². The van der Waals surface area contributed by atoms with E-state index in [4.69, 9.17) is 16.3 Å². The van der Waals surface area contributed by atoms with Crippen LogP contribution in [0.4, 0.5) is 5.69 Å². The maximum absolute atomic E-state index is 12.5. The number of nitrogens with one attached hydrogen (secondary N) is 2. The number of anilines is 1. The van der Waals surface area contributed by atoms with Crippen molar-refractivity contribution in [2.24, 2.45) is 0 Å². The summed E-state index contributed by atoms with van der Waals surface area (Å²) in [5.74, 6) is 0.223. The molecule has 0 atom stereocenters. The molecule has 0 radical (unpaired) electrons. The van der Waals surface area contributed by atoms with Gasteiger partial charge in [0.25, 0.3) is 5.91 Å². The molecule has 26 heavy (non-hydrogen) atoms. The summed E-state index contributed by atoms with van der Waals surface area (Å²) in [6.07, 6.45) is 0. The number of halogens is 1. The minimum absolute atomic E-state index is 0.123. The van der Waals surface area contributed by atoms with Crippen molar-refractivity contribution in [2.75, 3.05) is 12.4 Å². The highest BCUT2D eigenvalue weighted by Crippen LogP contribution is 2.33. The van der Waals surface area contributed by atoms with E-state index in [1.54, 1.807) is 30.3 Å². The van der Waals surface area contributed by atoms with Gasteiger partial charge in [-0.05, 0) is 55.3 Å². The Bertz CT molecular complexity index is 959. The highest BCUT2D eigenvalue weighted by atomic mass is 35.5. The number of hydrogen-bond acceptors (Lipinski definition) is 4. The molecule has 1 amide bonds. The van der Waals surface area contributed by atoms with Crippen LogP contribution >= 0.6 is 11.6 Å². The summed E-state index contributed by atoms with van der Waals surface area (Å²) < 4.78 is 5.22. The second-order valence-corrected chi connectivity index (χ2v) is 6.38. The van der Waals surface area contributed by atoms with Gasteiger partial charge in [-0.2, -0.15) is 5.10 Å². The molecule has 2 aromatic carbocycles. The van der Waals surface area contributed by atoms with Gasteiger partial charge in [0, 0.05) is 10.6 Å². The first-order chi connectivity index (χ1) is 12.4. The van der Waals surface area contributed by atoms with Crippen molar-refractivity contribution in [1.29, 1.82) is 0 Å². The lowest BCUT2D eigenvalue weighted by atomic mass is 10.0. The third-order valence-corrected chi connectivity index (χ3v) is 4.18. The second kappa shape index (κ2) is 7.09. The Hall–Kier alpha value is -2.99. The Balaban J connectivity index is 1.89. The summed E-state index contributed by atoms with van der Waals surface area (Å²) in [7, 11) is 1.51. The summed E-state index contributed by atoms with van der Waals surface area (Å²) in [6, 6.07) is 10.1. The normalized spacial score (nSPS) is 10.6. The van der Waals surface area contributed by atoms with Crippen molar-refractivity contribution in [2.45, 2.75) is 13.8 Å². The van der Waals surface area contributed by atoms with Crippen LogP contribution in [-0.2, 0) is 0 Å². The fraction of sp³-hybridized carbons (Fsp3) is 0.158. The monoisotopic (exact) mass is 371 g/mol. The Morgan fingerprint density at radius 2 is 2.00 bits per heavy atom. The van der Waals surface area contributed by atoms with Crippen LogP contribution in [0.1, 0.15) is 21.6 Å². The third kappa shape index (κ3) is 3.50. The van der Waals surface area contributed by atoms with Gasteiger partial charge >= 0.3 is 0 Å². The number of aryl methyl sites for hydroxylation is 2. The zero-order valence-corrected chi connectivity index (χ0v) is 15.3. The van der Waals surface area contributed by atoms with E-state index in [9.17, 15) is 9.90 Å². The maximum atomic E-state index is 12.5. The summed E-state index contributed by atoms with van der Waals surface area (Å²) in [6.45, 7) is 3.78. The number of carbonyl (C=O) groups is 1. The van der Waals surface area contributed by atoms with E-state index in [1.165, 1.54) is 7.11 Å². The highest BCUT2D eigenvalue weighted by molar-refractivity contribution is 6.31. The fourth-order valence-corrected chi connectivity index (χ4v) is 2.98. The molecular formula is C19H18ClN3O3. The number of amides is 1. The molecule has 3 rings (SSSR count). The van der Waals surface area contributed by atoms with Gasteiger partial charge < -0.3 is 15.2 Å². The van der Waals surface area contributed by atoms with E-state index in [-0.39, 0.29) is 11.4 Å². The SMILES string of the molecule is COc1ccc(Cl)cc1NC(=O)c1cc(-c2c(C)cc(C)cc2O)n[nH]1. The van der Waals surface area contributed by atoms with E-state index < -0.39 is 5.91 Å². The van der Waals surface area contributed by atoms with Crippen LogP contribution in [0, 0.1) is 13.8 Å². The lowest BCUT2D eigenvalue weighted by molar-refractivity contribution is 0.102. The number of phenolic OH excluding ortho intramolecular Hbond substituents is 1. The zero-order valence-electron chi connectivity index (χ0n) is 14.6. The van der Waals surface area contributed by atoms with Crippen LogP contribution < -0.4 is 10.1 Å². The van der Waals surface area contributed by atoms with Crippen LogP contribution in [0.3, 0.4) is 0 Å². The van der Waals surface area contributed by atoms with Crippen LogP contribution in [0.5, 0.6) is 11.5 Å². The molecule has 1 heterocycles. The lowest BCUT2D eigenvalue weighted by Gasteiger charge is -2.09. The molecule has 134 valence electrons. The molecular weight excluding hydrogens is 354 g/mol. The Morgan fingerprint density at radius 3 is 2.69 bits per heavy atom. The Labute approximate surface area is 155 Å². The van der Waals surface area contributed by atoms with E-state index >= 15 is 0 Å². The molecule has 0 aliphatic carbocycles. The van der Waals surface area contributed by atoms with Crippen molar-refractivity contribution in [3.63, 3.8) is 0 Å². The number of benzene rings is 2. The molecule has 7 heteroatoms. The molecule has 0 unspecified atom stereocenters. The van der Waals surface area contributed by atoms with Gasteiger partial charge in [0.2, 0.25) is 0 Å². The molecule has 6 nitrogen and oxygen atoms in total. The summed E-state index contributed by atoms with van der Waals surface area (Å²) in [5, 5.41) is 20.3. The van der Waals surface area contributed by atoms with Gasteiger partial charge in [0.05, 0.1) is 18.5 Å². The number of rotatable bonds is 4. The summed E-state index contributed by atoms with van der Waals surface area (Å²) >= 11 is 5.98. The van der Waals surface area contributed by atoms with Crippen LogP contribution in [0.25, 0.3) is 11.3 Å². The molecule has 0 aliphatic heterocycles. The average molecular weight is 372 g/mol.